The second-order valence-electron chi connectivity index (χ2n) is 6.48. The first-order valence-corrected chi connectivity index (χ1v) is 9.00. The van der Waals surface area contributed by atoms with Gasteiger partial charge in [-0.05, 0) is 44.3 Å². The summed E-state index contributed by atoms with van der Waals surface area (Å²) in [7, 11) is 0.145. The number of allylic oxidation sites excluding steroid dienone is 4. The van der Waals surface area contributed by atoms with E-state index in [1.54, 1.807) is 0 Å². The van der Waals surface area contributed by atoms with E-state index < -0.39 is 5.16 Å². The van der Waals surface area contributed by atoms with Crippen molar-refractivity contribution < 1.29 is 4.57 Å². The van der Waals surface area contributed by atoms with Gasteiger partial charge in [0.25, 0.3) is 0 Å². The molecule has 1 aliphatic carbocycles. The molecule has 0 saturated carbocycles. The largest absolute Gasteiger partial charge is 0.274 e. The molecule has 1 nitrogen and oxygen atoms in total. The minimum atomic E-state index is -0.461. The Balaban J connectivity index is 1.96. The van der Waals surface area contributed by atoms with E-state index in [1.165, 1.54) is 32.3 Å². The summed E-state index contributed by atoms with van der Waals surface area (Å²) in [4.78, 5) is 0. The lowest BCUT2D eigenvalue weighted by atomic mass is 9.84. The van der Waals surface area contributed by atoms with Gasteiger partial charge >= 0.3 is 0 Å². The van der Waals surface area contributed by atoms with Gasteiger partial charge in [-0.25, -0.2) is 0 Å². The maximum absolute atomic E-state index is 12.2. The lowest BCUT2D eigenvalue weighted by Gasteiger charge is -2.26. The number of benzene rings is 4. The van der Waals surface area contributed by atoms with Crippen LogP contribution in [0.1, 0.15) is 12.0 Å². The van der Waals surface area contributed by atoms with E-state index in [2.05, 4.69) is 66.7 Å². The van der Waals surface area contributed by atoms with Crippen LogP contribution in [0.15, 0.2) is 78.9 Å². The van der Waals surface area contributed by atoms with E-state index in [4.69, 9.17) is 0 Å². The smallest absolute Gasteiger partial charge is 0.171 e. The Kier molecular flexibility index (Phi) is 2.89. The first kappa shape index (κ1) is 13.9. The molecule has 1 aliphatic rings. The third-order valence-electron chi connectivity index (χ3n) is 5.21. The fourth-order valence-electron chi connectivity index (χ4n) is 4.04. The average molecular weight is 326 g/mol. The summed E-state index contributed by atoms with van der Waals surface area (Å²) >= 11 is 0. The second-order valence-corrected chi connectivity index (χ2v) is 7.46. The van der Waals surface area contributed by atoms with Crippen LogP contribution in [0.2, 0.25) is 0 Å². The monoisotopic (exact) mass is 326 g/mol. The van der Waals surface area contributed by atoms with Crippen molar-refractivity contribution in [2.24, 2.45) is 0 Å². The molecule has 0 bridgehead atoms. The van der Waals surface area contributed by atoms with Gasteiger partial charge in [-0.2, -0.15) is 0 Å². The Morgan fingerprint density at radius 1 is 0.792 bits per heavy atom. The maximum Gasteiger partial charge on any atom is 0.171 e. The molecule has 2 heteroatoms. The zero-order valence-corrected chi connectivity index (χ0v) is 14.0. The molecule has 0 radical (unpaired) electrons. The SMILES string of the molecule is O=PC1(c2ccc3ccc4cccc5ccc2c3c45)C=CC=CC1. The lowest BCUT2D eigenvalue weighted by molar-refractivity contribution is 0.578. The molecule has 1 atom stereocenters. The van der Waals surface area contributed by atoms with Gasteiger partial charge in [0.1, 0.15) is 0 Å². The van der Waals surface area contributed by atoms with E-state index in [0.29, 0.717) is 0 Å². The van der Waals surface area contributed by atoms with Crippen LogP contribution < -0.4 is 0 Å². The second kappa shape index (κ2) is 5.00. The Morgan fingerprint density at radius 3 is 2.21 bits per heavy atom. The van der Waals surface area contributed by atoms with Gasteiger partial charge in [-0.3, -0.25) is 4.57 Å². The predicted octanol–water partition coefficient (Wildman–Crippen LogP) is 6.59. The summed E-state index contributed by atoms with van der Waals surface area (Å²) in [6.07, 6.45) is 8.97. The van der Waals surface area contributed by atoms with Gasteiger partial charge < -0.3 is 0 Å². The van der Waals surface area contributed by atoms with Crippen LogP contribution in [-0.2, 0) is 9.72 Å². The van der Waals surface area contributed by atoms with Crippen molar-refractivity contribution in [2.45, 2.75) is 11.6 Å². The van der Waals surface area contributed by atoms with Crippen LogP contribution >= 0.6 is 8.46 Å². The summed E-state index contributed by atoms with van der Waals surface area (Å²) in [6, 6.07) is 19.5. The van der Waals surface area contributed by atoms with Crippen LogP contribution in [0.5, 0.6) is 0 Å². The van der Waals surface area contributed by atoms with Crippen molar-refractivity contribution in [3.63, 3.8) is 0 Å². The highest BCUT2D eigenvalue weighted by Gasteiger charge is 2.32. The molecule has 0 heterocycles. The molecule has 0 fully saturated rings. The highest BCUT2D eigenvalue weighted by Crippen LogP contribution is 2.47. The summed E-state index contributed by atoms with van der Waals surface area (Å²) in [6.45, 7) is 0. The van der Waals surface area contributed by atoms with E-state index in [-0.39, 0.29) is 8.46 Å². The zero-order chi connectivity index (χ0) is 16.1. The molecule has 0 saturated heterocycles. The lowest BCUT2D eigenvalue weighted by Crippen LogP contribution is -2.17. The van der Waals surface area contributed by atoms with Gasteiger partial charge in [-0.1, -0.05) is 78.9 Å². The molecule has 0 aromatic heterocycles. The standard InChI is InChI=1S/C22H15OP/c23-24-22(13-2-1-3-14-22)19-12-10-17-8-7-15-5-4-6-16-9-11-18(19)21(17)20(15)16/h1-13H,14H2. The molecule has 0 N–H and O–H groups in total. The Bertz CT molecular complexity index is 1140. The third-order valence-corrected chi connectivity index (χ3v) is 6.10. The van der Waals surface area contributed by atoms with Crippen LogP contribution in [0, 0.1) is 0 Å². The van der Waals surface area contributed by atoms with Crippen molar-refractivity contribution in [1.82, 2.24) is 0 Å². The Hall–Kier alpha value is -2.50. The quantitative estimate of drug-likeness (QED) is 0.300. The fraction of sp³-hybridized carbons (Fsp3) is 0.0909. The highest BCUT2D eigenvalue weighted by atomic mass is 31.1. The Labute approximate surface area is 141 Å². The van der Waals surface area contributed by atoms with Crippen molar-refractivity contribution in [3.8, 4) is 0 Å². The zero-order valence-electron chi connectivity index (χ0n) is 13.1. The van der Waals surface area contributed by atoms with E-state index in [1.807, 2.05) is 12.2 Å². The average Bonchev–Trinajstić information content (AvgIpc) is 2.66. The number of rotatable bonds is 2. The normalized spacial score (nSPS) is 20.7. The maximum atomic E-state index is 12.2. The molecule has 4 aromatic rings. The number of hydrogen-bond donors (Lipinski definition) is 0. The first-order valence-electron chi connectivity index (χ1n) is 8.18. The molecule has 0 spiro atoms. The summed E-state index contributed by atoms with van der Waals surface area (Å²) in [5.41, 5.74) is 1.14. The molecule has 24 heavy (non-hydrogen) atoms. The van der Waals surface area contributed by atoms with Crippen molar-refractivity contribution in [2.75, 3.05) is 0 Å². The molecular weight excluding hydrogens is 311 g/mol. The first-order chi connectivity index (χ1) is 11.8. The molecule has 114 valence electrons. The van der Waals surface area contributed by atoms with Crippen LogP contribution in [-0.4, -0.2) is 0 Å². The summed E-state index contributed by atoms with van der Waals surface area (Å²) in [5.74, 6) is 0. The van der Waals surface area contributed by atoms with Crippen LogP contribution in [0.25, 0.3) is 32.3 Å². The number of hydrogen-bond acceptors (Lipinski definition) is 1. The minimum Gasteiger partial charge on any atom is -0.274 e. The molecule has 1 unspecified atom stereocenters. The molecule has 0 aliphatic heterocycles. The van der Waals surface area contributed by atoms with Crippen molar-refractivity contribution in [1.29, 1.82) is 0 Å². The third kappa shape index (κ3) is 1.76. The van der Waals surface area contributed by atoms with Crippen molar-refractivity contribution >= 4 is 40.8 Å². The Morgan fingerprint density at radius 2 is 1.50 bits per heavy atom. The van der Waals surface area contributed by atoms with Gasteiger partial charge in [0.15, 0.2) is 8.46 Å². The van der Waals surface area contributed by atoms with Gasteiger partial charge in [0.05, 0.1) is 5.16 Å². The molecule has 5 rings (SSSR count). The van der Waals surface area contributed by atoms with Crippen LogP contribution in [0.3, 0.4) is 0 Å². The van der Waals surface area contributed by atoms with Gasteiger partial charge in [0.2, 0.25) is 0 Å². The highest BCUT2D eigenvalue weighted by molar-refractivity contribution is 7.26. The molecule has 0 amide bonds. The van der Waals surface area contributed by atoms with Gasteiger partial charge in [0, 0.05) is 0 Å². The van der Waals surface area contributed by atoms with E-state index in [9.17, 15) is 4.57 Å². The molecular formula is C22H15OP. The fourth-order valence-corrected chi connectivity index (χ4v) is 4.66. The minimum absolute atomic E-state index is 0.145. The van der Waals surface area contributed by atoms with Crippen molar-refractivity contribution in [3.05, 3.63) is 84.5 Å². The summed E-state index contributed by atoms with van der Waals surface area (Å²) in [5, 5.41) is 7.10. The predicted molar refractivity (Wildman–Crippen MR) is 102 cm³/mol. The topological polar surface area (TPSA) is 17.1 Å². The van der Waals surface area contributed by atoms with Gasteiger partial charge in [-0.15, -0.1) is 0 Å². The van der Waals surface area contributed by atoms with E-state index in [0.717, 1.165) is 12.0 Å². The summed E-state index contributed by atoms with van der Waals surface area (Å²) < 4.78 is 12.2. The van der Waals surface area contributed by atoms with Crippen LogP contribution in [0.4, 0.5) is 0 Å². The van der Waals surface area contributed by atoms with E-state index >= 15 is 0 Å². The molecule has 4 aromatic carbocycles.